The van der Waals surface area contributed by atoms with Crippen molar-refractivity contribution in [3.63, 3.8) is 0 Å². The largest absolute Gasteiger partial charge is 0.453 e. The van der Waals surface area contributed by atoms with E-state index in [1.165, 1.54) is 7.11 Å². The second-order valence-corrected chi connectivity index (χ2v) is 8.26. The number of amides is 1. The van der Waals surface area contributed by atoms with Gasteiger partial charge in [-0.3, -0.25) is 10.0 Å². The number of rotatable bonds is 4. The number of carbonyl (C=O) groups excluding carboxylic acids is 1. The molecule has 0 radical (unpaired) electrons. The maximum absolute atomic E-state index is 12.5. The van der Waals surface area contributed by atoms with Gasteiger partial charge in [-0.15, -0.1) is 0 Å². The number of anilines is 2. The van der Waals surface area contributed by atoms with Crippen LogP contribution in [-0.4, -0.2) is 21.6 Å². The zero-order valence-electron chi connectivity index (χ0n) is 14.7. The fourth-order valence-corrected chi connectivity index (χ4v) is 3.20. The lowest BCUT2D eigenvalue weighted by Gasteiger charge is -2.19. The molecule has 1 amide bonds. The number of hydrogen-bond donors (Lipinski definition) is 2. The van der Waals surface area contributed by atoms with Crippen molar-refractivity contribution >= 4 is 27.5 Å². The molecule has 0 atom stereocenters. The minimum Gasteiger partial charge on any atom is -0.453 e. The summed E-state index contributed by atoms with van der Waals surface area (Å²) in [4.78, 5) is 11.3. The van der Waals surface area contributed by atoms with Gasteiger partial charge in [0.15, 0.2) is 0 Å². The molecule has 0 saturated heterocycles. The minimum atomic E-state index is -3.68. The molecule has 0 bridgehead atoms. The standard InChI is InChI=1S/C18H22N2O4S/c1-18(2,3)13-5-11-16(12-6-13)25(22,23)20-15-9-7-14(8-10-15)19-17(21)24-4/h5-12,20H,1-4H3,(H,19,21). The Labute approximate surface area is 148 Å². The molecule has 6 nitrogen and oxygen atoms in total. The summed E-state index contributed by atoms with van der Waals surface area (Å²) in [5.74, 6) is 0. The van der Waals surface area contributed by atoms with Crippen LogP contribution in [-0.2, 0) is 20.2 Å². The zero-order chi connectivity index (χ0) is 18.7. The minimum absolute atomic E-state index is 0.0435. The van der Waals surface area contributed by atoms with E-state index in [1.54, 1.807) is 36.4 Å². The van der Waals surface area contributed by atoms with Crippen LogP contribution in [0.4, 0.5) is 16.2 Å². The van der Waals surface area contributed by atoms with E-state index in [1.807, 2.05) is 12.1 Å². The third-order valence-electron chi connectivity index (χ3n) is 3.60. The van der Waals surface area contributed by atoms with Gasteiger partial charge in [0.1, 0.15) is 0 Å². The van der Waals surface area contributed by atoms with Gasteiger partial charge in [-0.2, -0.15) is 0 Å². The van der Waals surface area contributed by atoms with Crippen molar-refractivity contribution in [2.45, 2.75) is 31.1 Å². The van der Waals surface area contributed by atoms with Crippen LogP contribution in [0.15, 0.2) is 53.4 Å². The van der Waals surface area contributed by atoms with Crippen molar-refractivity contribution in [1.82, 2.24) is 0 Å². The van der Waals surface area contributed by atoms with Gasteiger partial charge in [-0.1, -0.05) is 32.9 Å². The number of benzene rings is 2. The second kappa shape index (κ2) is 7.14. The van der Waals surface area contributed by atoms with Gasteiger partial charge in [-0.25, -0.2) is 13.2 Å². The molecule has 0 unspecified atom stereocenters. The highest BCUT2D eigenvalue weighted by molar-refractivity contribution is 7.92. The molecular weight excluding hydrogens is 340 g/mol. The van der Waals surface area contributed by atoms with Gasteiger partial charge in [-0.05, 0) is 47.4 Å². The van der Waals surface area contributed by atoms with Gasteiger partial charge in [0.05, 0.1) is 12.0 Å². The van der Waals surface area contributed by atoms with E-state index < -0.39 is 16.1 Å². The van der Waals surface area contributed by atoms with Crippen LogP contribution >= 0.6 is 0 Å². The molecule has 2 rings (SSSR count). The molecule has 2 N–H and O–H groups in total. The average molecular weight is 362 g/mol. The number of carbonyl (C=O) groups is 1. The molecule has 0 fully saturated rings. The SMILES string of the molecule is COC(=O)Nc1ccc(NS(=O)(=O)c2ccc(C(C)(C)C)cc2)cc1. The molecule has 0 aliphatic heterocycles. The maximum atomic E-state index is 12.5. The van der Waals surface area contributed by atoms with Crippen molar-refractivity contribution in [2.75, 3.05) is 17.1 Å². The summed E-state index contributed by atoms with van der Waals surface area (Å²) in [5.41, 5.74) is 1.92. The van der Waals surface area contributed by atoms with Gasteiger partial charge in [0, 0.05) is 11.4 Å². The van der Waals surface area contributed by atoms with Crippen molar-refractivity contribution in [3.8, 4) is 0 Å². The Hall–Kier alpha value is -2.54. The predicted molar refractivity (Wildman–Crippen MR) is 98.4 cm³/mol. The fraction of sp³-hybridized carbons (Fsp3) is 0.278. The van der Waals surface area contributed by atoms with Crippen LogP contribution in [0.3, 0.4) is 0 Å². The zero-order valence-corrected chi connectivity index (χ0v) is 15.5. The molecule has 2 aromatic rings. The average Bonchev–Trinajstić information content (AvgIpc) is 2.55. The van der Waals surface area contributed by atoms with E-state index in [0.29, 0.717) is 11.4 Å². The quantitative estimate of drug-likeness (QED) is 0.862. The number of methoxy groups -OCH3 is 1. The van der Waals surface area contributed by atoms with E-state index in [9.17, 15) is 13.2 Å². The van der Waals surface area contributed by atoms with Crippen LogP contribution in [0, 0.1) is 0 Å². The molecular formula is C18H22N2O4S. The first-order valence-corrected chi connectivity index (χ1v) is 9.18. The van der Waals surface area contributed by atoms with Crippen molar-refractivity contribution in [1.29, 1.82) is 0 Å². The number of nitrogens with one attached hydrogen (secondary N) is 2. The van der Waals surface area contributed by atoms with Gasteiger partial charge < -0.3 is 4.74 Å². The van der Waals surface area contributed by atoms with E-state index in [-0.39, 0.29) is 10.3 Å². The Bertz CT molecular complexity index is 836. The highest BCUT2D eigenvalue weighted by Crippen LogP contribution is 2.24. The topological polar surface area (TPSA) is 84.5 Å². The lowest BCUT2D eigenvalue weighted by molar-refractivity contribution is 0.187. The summed E-state index contributed by atoms with van der Waals surface area (Å²) in [7, 11) is -2.41. The predicted octanol–water partition coefficient (Wildman–Crippen LogP) is 3.96. The lowest BCUT2D eigenvalue weighted by atomic mass is 9.87. The molecule has 0 spiro atoms. The van der Waals surface area contributed by atoms with Crippen LogP contribution in [0.25, 0.3) is 0 Å². The molecule has 2 aromatic carbocycles. The summed E-state index contributed by atoms with van der Waals surface area (Å²) in [6, 6.07) is 13.1. The Balaban J connectivity index is 2.14. The summed E-state index contributed by atoms with van der Waals surface area (Å²) in [6.07, 6.45) is -0.590. The van der Waals surface area contributed by atoms with E-state index in [0.717, 1.165) is 5.56 Å². The Kier molecular flexibility index (Phi) is 5.37. The number of ether oxygens (including phenoxy) is 1. The van der Waals surface area contributed by atoms with Crippen LogP contribution in [0.2, 0.25) is 0 Å². The molecule has 134 valence electrons. The van der Waals surface area contributed by atoms with E-state index in [2.05, 4.69) is 35.5 Å². The second-order valence-electron chi connectivity index (χ2n) is 6.57. The Morgan fingerprint density at radius 1 is 0.920 bits per heavy atom. The molecule has 0 aromatic heterocycles. The first-order valence-electron chi connectivity index (χ1n) is 7.70. The lowest BCUT2D eigenvalue weighted by Crippen LogP contribution is -2.15. The molecule has 0 aliphatic rings. The van der Waals surface area contributed by atoms with Crippen molar-refractivity contribution < 1.29 is 17.9 Å². The highest BCUT2D eigenvalue weighted by Gasteiger charge is 2.17. The highest BCUT2D eigenvalue weighted by atomic mass is 32.2. The summed E-state index contributed by atoms with van der Waals surface area (Å²) >= 11 is 0. The van der Waals surface area contributed by atoms with Gasteiger partial charge in [0.2, 0.25) is 0 Å². The Morgan fingerprint density at radius 3 is 1.92 bits per heavy atom. The molecule has 7 heteroatoms. The summed E-state index contributed by atoms with van der Waals surface area (Å²) in [6.45, 7) is 6.20. The fourth-order valence-electron chi connectivity index (χ4n) is 2.14. The van der Waals surface area contributed by atoms with Crippen LogP contribution in [0.1, 0.15) is 26.3 Å². The maximum Gasteiger partial charge on any atom is 0.411 e. The summed E-state index contributed by atoms with van der Waals surface area (Å²) < 4.78 is 32.0. The number of sulfonamides is 1. The smallest absolute Gasteiger partial charge is 0.411 e. The van der Waals surface area contributed by atoms with Crippen molar-refractivity contribution in [2.24, 2.45) is 0 Å². The summed E-state index contributed by atoms with van der Waals surface area (Å²) in [5, 5.41) is 2.50. The number of hydrogen-bond acceptors (Lipinski definition) is 4. The molecule has 0 aliphatic carbocycles. The third kappa shape index (κ3) is 4.96. The van der Waals surface area contributed by atoms with Crippen LogP contribution < -0.4 is 10.0 Å². The normalized spacial score (nSPS) is 11.7. The first-order chi connectivity index (χ1) is 11.6. The van der Waals surface area contributed by atoms with E-state index >= 15 is 0 Å². The van der Waals surface area contributed by atoms with Gasteiger partial charge in [0.25, 0.3) is 10.0 Å². The first kappa shape index (κ1) is 18.8. The molecule has 0 heterocycles. The Morgan fingerprint density at radius 2 is 1.44 bits per heavy atom. The monoisotopic (exact) mass is 362 g/mol. The molecule has 0 saturated carbocycles. The van der Waals surface area contributed by atoms with E-state index in [4.69, 9.17) is 0 Å². The van der Waals surface area contributed by atoms with Crippen LogP contribution in [0.5, 0.6) is 0 Å². The van der Waals surface area contributed by atoms with Gasteiger partial charge >= 0.3 is 6.09 Å². The third-order valence-corrected chi connectivity index (χ3v) is 5.00. The molecule has 25 heavy (non-hydrogen) atoms. The van der Waals surface area contributed by atoms with Crippen molar-refractivity contribution in [3.05, 3.63) is 54.1 Å².